The largest absolute Gasteiger partial charge is 0.482 e. The zero-order chi connectivity index (χ0) is 11.5. The number of amides is 1. The molecule has 0 atom stereocenters. The Morgan fingerprint density at radius 3 is 2.88 bits per heavy atom. The number of carbonyl (C=O) groups is 1. The van der Waals surface area contributed by atoms with E-state index in [4.69, 9.17) is 16.2 Å². The summed E-state index contributed by atoms with van der Waals surface area (Å²) in [7, 11) is 0. The normalized spacial score (nSPS) is 14.6. The van der Waals surface area contributed by atoms with Crippen molar-refractivity contribution in [2.24, 2.45) is 11.5 Å². The fraction of sp³-hybridized carbons (Fsp3) is 0.364. The van der Waals surface area contributed by atoms with Gasteiger partial charge in [0.25, 0.3) is 5.91 Å². The van der Waals surface area contributed by atoms with Gasteiger partial charge in [0.15, 0.2) is 6.61 Å². The SMILES string of the molecule is NCCc1ccc2c(c1)N(CN)C(=O)CO2. The smallest absolute Gasteiger partial charge is 0.266 e. The molecule has 1 aliphatic heterocycles. The lowest BCUT2D eigenvalue weighted by Crippen LogP contribution is -2.42. The first kappa shape index (κ1) is 10.9. The molecule has 1 aromatic rings. The monoisotopic (exact) mass is 221 g/mol. The predicted molar refractivity (Wildman–Crippen MR) is 61.2 cm³/mol. The Morgan fingerprint density at radius 1 is 1.38 bits per heavy atom. The number of carbonyl (C=O) groups excluding carboxylic acids is 1. The molecule has 1 heterocycles. The Labute approximate surface area is 94.0 Å². The highest BCUT2D eigenvalue weighted by Crippen LogP contribution is 2.32. The zero-order valence-electron chi connectivity index (χ0n) is 8.98. The molecule has 0 radical (unpaired) electrons. The third kappa shape index (κ3) is 1.87. The van der Waals surface area contributed by atoms with Crippen LogP contribution in [-0.2, 0) is 11.2 Å². The molecule has 86 valence electrons. The Morgan fingerprint density at radius 2 is 2.19 bits per heavy atom. The lowest BCUT2D eigenvalue weighted by atomic mass is 10.1. The topological polar surface area (TPSA) is 81.6 Å². The second-order valence-electron chi connectivity index (χ2n) is 3.63. The molecule has 4 N–H and O–H groups in total. The van der Waals surface area contributed by atoms with Gasteiger partial charge in [-0.15, -0.1) is 0 Å². The van der Waals surface area contributed by atoms with Gasteiger partial charge in [-0.25, -0.2) is 0 Å². The molecule has 2 rings (SSSR count). The van der Waals surface area contributed by atoms with Gasteiger partial charge in [-0.1, -0.05) is 6.07 Å². The maximum Gasteiger partial charge on any atom is 0.266 e. The van der Waals surface area contributed by atoms with E-state index in [-0.39, 0.29) is 19.2 Å². The molecule has 0 bridgehead atoms. The maximum absolute atomic E-state index is 11.6. The van der Waals surface area contributed by atoms with Crippen LogP contribution >= 0.6 is 0 Å². The summed E-state index contributed by atoms with van der Waals surface area (Å²) < 4.78 is 5.32. The van der Waals surface area contributed by atoms with Gasteiger partial charge in [0.2, 0.25) is 0 Å². The summed E-state index contributed by atoms with van der Waals surface area (Å²) in [5.74, 6) is 0.589. The van der Waals surface area contributed by atoms with Gasteiger partial charge < -0.3 is 16.2 Å². The van der Waals surface area contributed by atoms with Crippen molar-refractivity contribution < 1.29 is 9.53 Å². The van der Waals surface area contributed by atoms with Crippen molar-refractivity contribution in [1.29, 1.82) is 0 Å². The molecule has 1 aromatic carbocycles. The first-order chi connectivity index (χ1) is 7.76. The molecule has 0 aliphatic carbocycles. The molecule has 0 saturated carbocycles. The average molecular weight is 221 g/mol. The molecule has 0 saturated heterocycles. The van der Waals surface area contributed by atoms with Crippen molar-refractivity contribution in [2.75, 3.05) is 24.7 Å². The lowest BCUT2D eigenvalue weighted by molar-refractivity contribution is -0.121. The highest BCUT2D eigenvalue weighted by Gasteiger charge is 2.24. The summed E-state index contributed by atoms with van der Waals surface area (Å²) in [4.78, 5) is 13.1. The van der Waals surface area contributed by atoms with Crippen LogP contribution < -0.4 is 21.1 Å². The van der Waals surface area contributed by atoms with Gasteiger partial charge in [0.1, 0.15) is 5.75 Å². The molecule has 1 aliphatic rings. The van der Waals surface area contributed by atoms with E-state index in [9.17, 15) is 4.79 Å². The number of fused-ring (bicyclic) bond motifs is 1. The Bertz CT molecular complexity index is 406. The van der Waals surface area contributed by atoms with Gasteiger partial charge in [0, 0.05) is 0 Å². The van der Waals surface area contributed by atoms with Crippen LogP contribution in [0.4, 0.5) is 5.69 Å². The minimum absolute atomic E-state index is 0.0560. The van der Waals surface area contributed by atoms with Crippen molar-refractivity contribution in [1.82, 2.24) is 0 Å². The molecule has 1 amide bonds. The van der Waals surface area contributed by atoms with Gasteiger partial charge >= 0.3 is 0 Å². The van der Waals surface area contributed by atoms with E-state index in [0.717, 1.165) is 17.7 Å². The maximum atomic E-state index is 11.6. The minimum Gasteiger partial charge on any atom is -0.482 e. The number of hydrogen-bond donors (Lipinski definition) is 2. The van der Waals surface area contributed by atoms with Crippen molar-refractivity contribution in [3.05, 3.63) is 23.8 Å². The van der Waals surface area contributed by atoms with E-state index in [0.29, 0.717) is 12.3 Å². The Balaban J connectivity index is 2.37. The number of ether oxygens (including phenoxy) is 1. The first-order valence-corrected chi connectivity index (χ1v) is 5.22. The second-order valence-corrected chi connectivity index (χ2v) is 3.63. The van der Waals surface area contributed by atoms with Crippen molar-refractivity contribution in [3.8, 4) is 5.75 Å². The molecule has 16 heavy (non-hydrogen) atoms. The Kier molecular flexibility index (Phi) is 3.07. The summed E-state index contributed by atoms with van der Waals surface area (Å²) in [6.07, 6.45) is 0.778. The first-order valence-electron chi connectivity index (χ1n) is 5.22. The number of benzene rings is 1. The van der Waals surface area contributed by atoms with E-state index in [2.05, 4.69) is 0 Å². The number of rotatable bonds is 3. The number of nitrogens with zero attached hydrogens (tertiary/aromatic N) is 1. The summed E-state index contributed by atoms with van der Waals surface area (Å²) >= 11 is 0. The van der Waals surface area contributed by atoms with Crippen LogP contribution in [0.5, 0.6) is 5.75 Å². The van der Waals surface area contributed by atoms with Crippen molar-refractivity contribution in [3.63, 3.8) is 0 Å². The highest BCUT2D eigenvalue weighted by atomic mass is 16.5. The number of nitrogens with two attached hydrogens (primary N) is 2. The summed E-state index contributed by atoms with van der Waals surface area (Å²) in [5.41, 5.74) is 12.9. The third-order valence-corrected chi connectivity index (χ3v) is 2.58. The summed E-state index contributed by atoms with van der Waals surface area (Å²) in [6, 6.07) is 5.72. The predicted octanol–water partition coefficient (Wildman–Crippen LogP) is -0.171. The van der Waals surface area contributed by atoms with E-state index in [1.165, 1.54) is 4.90 Å². The third-order valence-electron chi connectivity index (χ3n) is 2.58. The van der Waals surface area contributed by atoms with E-state index < -0.39 is 0 Å². The van der Waals surface area contributed by atoms with Crippen LogP contribution in [0.3, 0.4) is 0 Å². The fourth-order valence-electron chi connectivity index (χ4n) is 1.77. The standard InChI is InChI=1S/C11H15N3O2/c12-4-3-8-1-2-10-9(5-8)14(7-13)11(15)6-16-10/h1-2,5H,3-4,6-7,12-13H2. The second kappa shape index (κ2) is 4.51. The Hall–Kier alpha value is -1.59. The van der Waals surface area contributed by atoms with Crippen LogP contribution in [0.25, 0.3) is 0 Å². The van der Waals surface area contributed by atoms with Gasteiger partial charge in [-0.3, -0.25) is 9.69 Å². The van der Waals surface area contributed by atoms with Crippen LogP contribution in [0.1, 0.15) is 5.56 Å². The zero-order valence-corrected chi connectivity index (χ0v) is 8.98. The molecule has 0 spiro atoms. The minimum atomic E-state index is -0.111. The number of anilines is 1. The molecule has 0 aromatic heterocycles. The summed E-state index contributed by atoms with van der Waals surface area (Å²) in [6.45, 7) is 0.803. The number of hydrogen-bond acceptors (Lipinski definition) is 4. The lowest BCUT2D eigenvalue weighted by Gasteiger charge is -2.28. The van der Waals surface area contributed by atoms with Gasteiger partial charge in [-0.05, 0) is 30.7 Å². The van der Waals surface area contributed by atoms with Crippen molar-refractivity contribution in [2.45, 2.75) is 6.42 Å². The quantitative estimate of drug-likeness (QED) is 0.742. The molecular formula is C11H15N3O2. The van der Waals surface area contributed by atoms with Gasteiger partial charge in [0.05, 0.1) is 12.4 Å². The molecule has 5 heteroatoms. The average Bonchev–Trinajstić information content (AvgIpc) is 2.29. The van der Waals surface area contributed by atoms with E-state index >= 15 is 0 Å². The van der Waals surface area contributed by atoms with Crippen LogP contribution in [0, 0.1) is 0 Å². The van der Waals surface area contributed by atoms with Crippen LogP contribution in [-0.4, -0.2) is 25.7 Å². The van der Waals surface area contributed by atoms with E-state index in [1.54, 1.807) is 0 Å². The van der Waals surface area contributed by atoms with Crippen LogP contribution in [0.2, 0.25) is 0 Å². The van der Waals surface area contributed by atoms with Gasteiger partial charge in [-0.2, -0.15) is 0 Å². The molecular weight excluding hydrogens is 206 g/mol. The highest BCUT2D eigenvalue weighted by molar-refractivity contribution is 5.97. The molecule has 5 nitrogen and oxygen atoms in total. The van der Waals surface area contributed by atoms with Crippen molar-refractivity contribution >= 4 is 11.6 Å². The van der Waals surface area contributed by atoms with Crippen LogP contribution in [0.15, 0.2) is 18.2 Å². The molecule has 0 fully saturated rings. The summed E-state index contributed by atoms with van der Waals surface area (Å²) in [5, 5.41) is 0. The van der Waals surface area contributed by atoms with E-state index in [1.807, 2.05) is 18.2 Å². The molecule has 0 unspecified atom stereocenters. The fourth-order valence-corrected chi connectivity index (χ4v) is 1.77.